The normalized spacial score (nSPS) is 5.36. The number of ether oxygens (including phenoxy) is 1. The van der Waals surface area contributed by atoms with Crippen molar-refractivity contribution in [1.29, 1.82) is 0 Å². The highest BCUT2D eigenvalue weighted by Crippen LogP contribution is 1.73. The van der Waals surface area contributed by atoms with Gasteiger partial charge in [-0.3, -0.25) is 0 Å². The molecule has 0 atom stereocenters. The molecular weight excluding hydrogens is 140 g/mol. The van der Waals surface area contributed by atoms with Crippen molar-refractivity contribution in [3.63, 3.8) is 0 Å². The number of hydrogen-bond acceptors (Lipinski definition) is 2. The molecule has 11 heavy (non-hydrogen) atoms. The van der Waals surface area contributed by atoms with Crippen molar-refractivity contribution in [2.45, 2.75) is 0 Å². The Balaban J connectivity index is 3.85. The molecule has 0 spiro atoms. The summed E-state index contributed by atoms with van der Waals surface area (Å²) < 4.78 is 4.25. The van der Waals surface area contributed by atoms with Crippen molar-refractivity contribution < 1.29 is 9.53 Å². The lowest BCUT2D eigenvalue weighted by Gasteiger charge is -1.81. The summed E-state index contributed by atoms with van der Waals surface area (Å²) >= 11 is 0. The van der Waals surface area contributed by atoms with Crippen molar-refractivity contribution in [2.24, 2.45) is 0 Å². The van der Waals surface area contributed by atoms with Crippen LogP contribution in [0.25, 0.3) is 0 Å². The van der Waals surface area contributed by atoms with Gasteiger partial charge in [-0.2, -0.15) is 0 Å². The average Bonchev–Trinajstić information content (AvgIpc) is 2.04. The number of carbonyl (C=O) groups is 1. The van der Waals surface area contributed by atoms with Gasteiger partial charge in [-0.1, -0.05) is 6.58 Å². The van der Waals surface area contributed by atoms with Gasteiger partial charge in [-0.05, 0) is 11.8 Å². The largest absolute Gasteiger partial charge is 0.368 e. The molecule has 0 rings (SSSR count). The van der Waals surface area contributed by atoms with Crippen molar-refractivity contribution in [3.05, 3.63) is 12.7 Å². The van der Waals surface area contributed by atoms with Gasteiger partial charge in [0.05, 0.1) is 0 Å². The first kappa shape index (κ1) is 8.89. The standard InChI is InChI=1S/C9H4O2/c1-3-5-6-7-8-11-9(10)4-2/h1,4H,2H2. The van der Waals surface area contributed by atoms with Crippen molar-refractivity contribution in [2.75, 3.05) is 0 Å². The molecular formula is C9H4O2. The fraction of sp³-hybridized carbons (Fsp3) is 0. The van der Waals surface area contributed by atoms with Gasteiger partial charge >= 0.3 is 5.97 Å². The number of esters is 1. The van der Waals surface area contributed by atoms with Gasteiger partial charge in [-0.25, -0.2) is 4.79 Å². The summed E-state index contributed by atoms with van der Waals surface area (Å²) in [4.78, 5) is 10.3. The molecule has 0 bridgehead atoms. The lowest BCUT2D eigenvalue weighted by molar-refractivity contribution is -0.131. The Morgan fingerprint density at radius 1 is 1.45 bits per heavy atom. The van der Waals surface area contributed by atoms with Crippen LogP contribution >= 0.6 is 0 Å². The van der Waals surface area contributed by atoms with Crippen LogP contribution in [0.3, 0.4) is 0 Å². The molecule has 0 heterocycles. The summed E-state index contributed by atoms with van der Waals surface area (Å²) in [6.07, 6.45) is 7.82. The molecule has 0 aliphatic rings. The van der Waals surface area contributed by atoms with E-state index in [2.05, 4.69) is 29.1 Å². The summed E-state index contributed by atoms with van der Waals surface area (Å²) in [6.45, 7) is 3.16. The highest BCUT2D eigenvalue weighted by atomic mass is 16.5. The van der Waals surface area contributed by atoms with Gasteiger partial charge in [0.15, 0.2) is 0 Å². The molecule has 0 aromatic rings. The Kier molecular flexibility index (Phi) is 4.86. The summed E-state index contributed by atoms with van der Waals surface area (Å²) in [5, 5.41) is 0. The van der Waals surface area contributed by atoms with Gasteiger partial charge < -0.3 is 4.74 Å². The maximum atomic E-state index is 10.3. The Labute approximate surface area is 65.2 Å². The monoisotopic (exact) mass is 144 g/mol. The summed E-state index contributed by atoms with van der Waals surface area (Å²) in [6, 6.07) is 0. The number of hydrogen-bond donors (Lipinski definition) is 0. The molecule has 52 valence electrons. The molecule has 0 aliphatic heterocycles. The minimum Gasteiger partial charge on any atom is -0.368 e. The zero-order valence-corrected chi connectivity index (χ0v) is 5.68. The van der Waals surface area contributed by atoms with E-state index in [1.165, 1.54) is 0 Å². The van der Waals surface area contributed by atoms with Crippen LogP contribution in [0.2, 0.25) is 0 Å². The maximum absolute atomic E-state index is 10.3. The van der Waals surface area contributed by atoms with E-state index in [4.69, 9.17) is 6.42 Å². The Morgan fingerprint density at radius 3 is 2.73 bits per heavy atom. The first-order valence-corrected chi connectivity index (χ1v) is 2.60. The van der Waals surface area contributed by atoms with Crippen LogP contribution in [0.15, 0.2) is 12.7 Å². The topological polar surface area (TPSA) is 26.3 Å². The second kappa shape index (κ2) is 6.02. The number of carbonyl (C=O) groups excluding carboxylic acids is 1. The smallest absolute Gasteiger partial charge is 0.344 e. The molecule has 0 fully saturated rings. The van der Waals surface area contributed by atoms with E-state index in [1.54, 1.807) is 0 Å². The quantitative estimate of drug-likeness (QED) is 0.301. The maximum Gasteiger partial charge on any atom is 0.344 e. The molecule has 0 unspecified atom stereocenters. The van der Waals surface area contributed by atoms with E-state index in [1.807, 2.05) is 12.0 Å². The van der Waals surface area contributed by atoms with Crippen LogP contribution in [-0.4, -0.2) is 5.97 Å². The first-order chi connectivity index (χ1) is 5.31. The Bertz CT molecular complexity index is 309. The van der Waals surface area contributed by atoms with Crippen molar-refractivity contribution in [1.82, 2.24) is 0 Å². The second-order valence-corrected chi connectivity index (χ2v) is 1.25. The zero-order valence-electron chi connectivity index (χ0n) is 5.68. The highest BCUT2D eigenvalue weighted by molar-refractivity contribution is 5.82. The minimum atomic E-state index is -0.611. The molecule has 0 amide bonds. The highest BCUT2D eigenvalue weighted by Gasteiger charge is 1.86. The lowest BCUT2D eigenvalue weighted by atomic mass is 10.6. The van der Waals surface area contributed by atoms with Gasteiger partial charge in [-0.15, -0.1) is 6.42 Å². The minimum absolute atomic E-state index is 0.611. The molecule has 0 aliphatic carbocycles. The van der Waals surface area contributed by atoms with Crippen LogP contribution in [0, 0.1) is 36.2 Å². The molecule has 2 heteroatoms. The molecule has 0 aromatic heterocycles. The molecule has 0 saturated carbocycles. The predicted molar refractivity (Wildman–Crippen MR) is 40.7 cm³/mol. The molecule has 0 N–H and O–H groups in total. The molecule has 0 aromatic carbocycles. The Hall–Kier alpha value is -2.11. The van der Waals surface area contributed by atoms with E-state index >= 15 is 0 Å². The third-order valence-electron chi connectivity index (χ3n) is 0.566. The fourth-order valence-electron chi connectivity index (χ4n) is 0.210. The van der Waals surface area contributed by atoms with Crippen molar-refractivity contribution >= 4 is 5.97 Å². The van der Waals surface area contributed by atoms with Gasteiger partial charge in [0.1, 0.15) is 6.11 Å². The van der Waals surface area contributed by atoms with E-state index in [-0.39, 0.29) is 0 Å². The second-order valence-electron chi connectivity index (χ2n) is 1.25. The van der Waals surface area contributed by atoms with Crippen LogP contribution in [0.5, 0.6) is 0 Å². The number of terminal acetylenes is 1. The van der Waals surface area contributed by atoms with E-state index in [0.717, 1.165) is 6.08 Å². The van der Waals surface area contributed by atoms with E-state index in [0.29, 0.717) is 0 Å². The number of rotatable bonds is 1. The van der Waals surface area contributed by atoms with Crippen LogP contribution in [0.4, 0.5) is 0 Å². The Morgan fingerprint density at radius 2 is 2.18 bits per heavy atom. The summed E-state index contributed by atoms with van der Waals surface area (Å²) in [7, 11) is 0. The van der Waals surface area contributed by atoms with Gasteiger partial charge in [0.2, 0.25) is 0 Å². The SMILES string of the molecule is C#CC#CC#COC(=O)C=C. The average molecular weight is 144 g/mol. The summed E-state index contributed by atoms with van der Waals surface area (Å²) in [5.41, 5.74) is 0. The van der Waals surface area contributed by atoms with Crippen molar-refractivity contribution in [3.8, 4) is 36.2 Å². The summed E-state index contributed by atoms with van der Waals surface area (Å²) in [5.74, 6) is 8.12. The molecule has 2 nitrogen and oxygen atoms in total. The van der Waals surface area contributed by atoms with Gasteiger partial charge in [0.25, 0.3) is 0 Å². The zero-order chi connectivity index (χ0) is 8.53. The van der Waals surface area contributed by atoms with E-state index in [9.17, 15) is 4.79 Å². The van der Waals surface area contributed by atoms with E-state index < -0.39 is 5.97 Å². The van der Waals surface area contributed by atoms with Crippen LogP contribution in [-0.2, 0) is 9.53 Å². The van der Waals surface area contributed by atoms with Crippen LogP contribution in [0.1, 0.15) is 0 Å². The third-order valence-corrected chi connectivity index (χ3v) is 0.566. The lowest BCUT2D eigenvalue weighted by Crippen LogP contribution is -1.91. The van der Waals surface area contributed by atoms with Crippen LogP contribution < -0.4 is 0 Å². The fourth-order valence-corrected chi connectivity index (χ4v) is 0.210. The molecule has 0 radical (unpaired) electrons. The molecule has 0 saturated heterocycles. The predicted octanol–water partition coefficient (Wildman–Crippen LogP) is 0.313. The van der Waals surface area contributed by atoms with Gasteiger partial charge in [0, 0.05) is 17.9 Å². The third kappa shape index (κ3) is 5.77. The first-order valence-electron chi connectivity index (χ1n) is 2.60.